The predicted octanol–water partition coefficient (Wildman–Crippen LogP) is 4.68. The first kappa shape index (κ1) is 23.4. The van der Waals surface area contributed by atoms with Crippen molar-refractivity contribution in [2.45, 2.75) is 82.1 Å². The zero-order valence-electron chi connectivity index (χ0n) is 16.3. The van der Waals surface area contributed by atoms with Gasteiger partial charge in [-0.15, -0.1) is 0 Å². The summed E-state index contributed by atoms with van der Waals surface area (Å²) in [7, 11) is -4.29. The number of benzene rings is 1. The van der Waals surface area contributed by atoms with Crippen LogP contribution in [0.15, 0.2) is 41.8 Å². The smallest absolute Gasteiger partial charge is 0.294 e. The molecule has 0 saturated carbocycles. The second kappa shape index (κ2) is 12.7. The molecule has 1 aromatic rings. The number of carbonyl (C=O) groups is 1. The minimum atomic E-state index is -4.29. The molecule has 1 amide bonds. The van der Waals surface area contributed by atoms with Crippen molar-refractivity contribution in [2.24, 2.45) is 0 Å². The molecule has 1 rings (SSSR count). The highest BCUT2D eigenvalue weighted by Gasteiger charge is 2.19. The molecule has 0 aliphatic carbocycles. The molecule has 0 heterocycles. The van der Waals surface area contributed by atoms with Gasteiger partial charge in [-0.1, -0.05) is 83.1 Å². The summed E-state index contributed by atoms with van der Waals surface area (Å²) < 4.78 is 32.6. The molecule has 0 saturated heterocycles. The number of nitrogens with one attached hydrogen (secondary N) is 1. The minimum Gasteiger partial charge on any atom is -0.350 e. The molecule has 6 heteroatoms. The van der Waals surface area contributed by atoms with Crippen molar-refractivity contribution >= 4 is 16.0 Å². The van der Waals surface area contributed by atoms with Gasteiger partial charge in [0.15, 0.2) is 0 Å². The van der Waals surface area contributed by atoms with Crippen LogP contribution in [0.4, 0.5) is 0 Å². The van der Waals surface area contributed by atoms with Gasteiger partial charge in [0.25, 0.3) is 10.1 Å². The van der Waals surface area contributed by atoms with E-state index in [2.05, 4.69) is 18.8 Å². The van der Waals surface area contributed by atoms with Gasteiger partial charge in [0, 0.05) is 6.04 Å². The van der Waals surface area contributed by atoms with Gasteiger partial charge in [-0.2, -0.15) is 8.42 Å². The maximum Gasteiger partial charge on any atom is 0.294 e. The van der Waals surface area contributed by atoms with Crippen molar-refractivity contribution in [1.82, 2.24) is 5.32 Å². The molecule has 2 N–H and O–H groups in total. The fraction of sp³-hybridized carbons (Fsp3) is 0.571. The van der Waals surface area contributed by atoms with Crippen LogP contribution in [-0.2, 0) is 21.3 Å². The molecule has 0 bridgehead atoms. The highest BCUT2D eigenvalue weighted by molar-refractivity contribution is 7.85. The Morgan fingerprint density at radius 1 is 1.11 bits per heavy atom. The first-order chi connectivity index (χ1) is 12.9. The van der Waals surface area contributed by atoms with Crippen molar-refractivity contribution in [3.05, 3.63) is 42.5 Å². The summed E-state index contributed by atoms with van der Waals surface area (Å²) in [5.74, 6) is -0.274. The van der Waals surface area contributed by atoms with Crippen LogP contribution in [0.3, 0.4) is 0 Å². The van der Waals surface area contributed by atoms with Gasteiger partial charge in [-0.05, 0) is 30.5 Å². The molecular formula is C21H33NO4S. The van der Waals surface area contributed by atoms with E-state index in [1.807, 2.05) is 0 Å². The summed E-state index contributed by atoms with van der Waals surface area (Å²) in [5, 5.41) is 2.88. The fourth-order valence-corrected chi connectivity index (χ4v) is 3.93. The topological polar surface area (TPSA) is 83.5 Å². The Kier molecular flexibility index (Phi) is 11.0. The number of amides is 1. The largest absolute Gasteiger partial charge is 0.350 e. The highest BCUT2D eigenvalue weighted by Crippen LogP contribution is 2.19. The molecule has 1 unspecified atom stereocenters. The average Bonchev–Trinajstić information content (AvgIpc) is 2.63. The summed E-state index contributed by atoms with van der Waals surface area (Å²) >= 11 is 0. The van der Waals surface area contributed by atoms with Gasteiger partial charge in [0.2, 0.25) is 5.91 Å². The number of hydrogen-bond donors (Lipinski definition) is 2. The predicted molar refractivity (Wildman–Crippen MR) is 109 cm³/mol. The Morgan fingerprint density at radius 2 is 1.70 bits per heavy atom. The molecule has 27 heavy (non-hydrogen) atoms. The monoisotopic (exact) mass is 395 g/mol. The molecule has 152 valence electrons. The van der Waals surface area contributed by atoms with Gasteiger partial charge in [-0.25, -0.2) is 0 Å². The van der Waals surface area contributed by atoms with E-state index >= 15 is 0 Å². The molecule has 0 aromatic heterocycles. The lowest BCUT2D eigenvalue weighted by Crippen LogP contribution is -2.35. The van der Waals surface area contributed by atoms with Crippen LogP contribution >= 0.6 is 0 Å². The number of carbonyl (C=O) groups excluding carboxylic acids is 1. The summed E-state index contributed by atoms with van der Waals surface area (Å²) in [6.07, 6.45) is 11.9. The lowest BCUT2D eigenvalue weighted by Gasteiger charge is -2.19. The third kappa shape index (κ3) is 9.73. The number of rotatable bonds is 14. The third-order valence-corrected chi connectivity index (χ3v) is 5.61. The molecule has 1 aromatic carbocycles. The van der Waals surface area contributed by atoms with Crippen LogP contribution in [0, 0.1) is 0 Å². The Balaban J connectivity index is 2.60. The quantitative estimate of drug-likeness (QED) is 0.272. The molecule has 0 aliphatic rings. The van der Waals surface area contributed by atoms with Crippen molar-refractivity contribution in [1.29, 1.82) is 0 Å². The summed E-state index contributed by atoms with van der Waals surface area (Å²) in [6, 6.07) is 6.16. The van der Waals surface area contributed by atoms with Crippen LogP contribution in [0.25, 0.3) is 0 Å². The van der Waals surface area contributed by atoms with E-state index < -0.39 is 10.1 Å². The van der Waals surface area contributed by atoms with E-state index in [1.54, 1.807) is 18.2 Å². The number of unbranched alkanes of at least 4 members (excludes halogenated alkanes) is 7. The molecule has 0 aliphatic heterocycles. The number of hydrogen-bond acceptors (Lipinski definition) is 3. The van der Waals surface area contributed by atoms with E-state index in [9.17, 15) is 17.8 Å². The van der Waals surface area contributed by atoms with E-state index in [0.29, 0.717) is 12.0 Å². The lowest BCUT2D eigenvalue weighted by atomic mass is 9.99. The van der Waals surface area contributed by atoms with Crippen LogP contribution in [0.1, 0.15) is 70.3 Å². The Bertz CT molecular complexity index is 685. The normalized spacial score (nSPS) is 12.5. The van der Waals surface area contributed by atoms with Crippen molar-refractivity contribution in [2.75, 3.05) is 0 Å². The maximum absolute atomic E-state index is 11.7. The van der Waals surface area contributed by atoms with Crippen LogP contribution < -0.4 is 5.32 Å². The van der Waals surface area contributed by atoms with Gasteiger partial charge in [0.05, 0.1) is 4.90 Å². The van der Waals surface area contributed by atoms with Crippen LogP contribution in [-0.4, -0.2) is 24.9 Å². The molecule has 5 nitrogen and oxygen atoms in total. The zero-order chi connectivity index (χ0) is 20.1. The zero-order valence-corrected chi connectivity index (χ0v) is 17.1. The lowest BCUT2D eigenvalue weighted by molar-refractivity contribution is -0.117. The second-order valence-electron chi connectivity index (χ2n) is 6.96. The molecule has 1 atom stereocenters. The first-order valence-electron chi connectivity index (χ1n) is 9.86. The molecule has 0 radical (unpaired) electrons. The van der Waals surface area contributed by atoms with E-state index in [-0.39, 0.29) is 16.8 Å². The first-order valence-corrected chi connectivity index (χ1v) is 11.3. The Hall–Kier alpha value is -1.66. The Labute approximate surface area is 164 Å². The maximum atomic E-state index is 11.7. The average molecular weight is 396 g/mol. The molecule has 0 spiro atoms. The summed E-state index contributed by atoms with van der Waals surface area (Å²) in [5.41, 5.74) is 0.508. The third-order valence-electron chi connectivity index (χ3n) is 4.65. The second-order valence-corrected chi connectivity index (χ2v) is 8.35. The van der Waals surface area contributed by atoms with E-state index in [1.165, 1.54) is 50.7 Å². The van der Waals surface area contributed by atoms with Gasteiger partial charge in [-0.3, -0.25) is 9.35 Å². The fourth-order valence-electron chi connectivity index (χ4n) is 3.20. The minimum absolute atomic E-state index is 0.0984. The van der Waals surface area contributed by atoms with Gasteiger partial charge >= 0.3 is 0 Å². The highest BCUT2D eigenvalue weighted by atomic mass is 32.2. The van der Waals surface area contributed by atoms with Gasteiger partial charge < -0.3 is 5.32 Å². The van der Waals surface area contributed by atoms with Crippen molar-refractivity contribution in [3.63, 3.8) is 0 Å². The Morgan fingerprint density at radius 3 is 2.30 bits per heavy atom. The van der Waals surface area contributed by atoms with E-state index in [4.69, 9.17) is 0 Å². The summed E-state index contributed by atoms with van der Waals surface area (Å²) in [6.45, 7) is 5.68. The van der Waals surface area contributed by atoms with Gasteiger partial charge in [0.1, 0.15) is 0 Å². The summed E-state index contributed by atoms with van der Waals surface area (Å²) in [4.78, 5) is 11.6. The van der Waals surface area contributed by atoms with E-state index in [0.717, 1.165) is 19.3 Å². The SMILES string of the molecule is C=CC(=O)NC(CCCCCCCCCC)Cc1ccccc1S(=O)(=O)O. The van der Waals surface area contributed by atoms with Crippen LogP contribution in [0.5, 0.6) is 0 Å². The molecular weight excluding hydrogens is 362 g/mol. The van der Waals surface area contributed by atoms with Crippen molar-refractivity contribution in [3.8, 4) is 0 Å². The van der Waals surface area contributed by atoms with Crippen LogP contribution in [0.2, 0.25) is 0 Å². The standard InChI is InChI=1S/C21H33NO4S/c1-3-5-6-7-8-9-10-11-15-19(22-21(23)4-2)17-18-14-12-13-16-20(18)27(24,25)26/h4,12-14,16,19H,2-3,5-11,15,17H2,1H3,(H,22,23)(H,24,25,26). The molecule has 0 fully saturated rings. The van der Waals surface area contributed by atoms with Crippen molar-refractivity contribution < 1.29 is 17.8 Å².